The highest BCUT2D eigenvalue weighted by Gasteiger charge is 2.39. The van der Waals surface area contributed by atoms with Crippen LogP contribution < -0.4 is 0 Å². The Morgan fingerprint density at radius 1 is 1.38 bits per heavy atom. The van der Waals surface area contributed by atoms with Crippen LogP contribution in [0.15, 0.2) is 18.2 Å². The Bertz CT molecular complexity index is 709. The third kappa shape index (κ3) is 4.10. The smallest absolute Gasteiger partial charge is 0.241 e. The molecule has 0 bridgehead atoms. The molecule has 1 heterocycles. The SMILES string of the molecule is CCCS(=O)(=O)N1CCCC1C(=O)N(C)Cc1ccc(F)cc1F. The molecule has 24 heavy (non-hydrogen) atoms. The van der Waals surface area contributed by atoms with Gasteiger partial charge in [-0.3, -0.25) is 4.79 Å². The first kappa shape index (κ1) is 18.8. The van der Waals surface area contributed by atoms with E-state index in [9.17, 15) is 22.0 Å². The number of benzene rings is 1. The van der Waals surface area contributed by atoms with Crippen molar-refractivity contribution in [1.82, 2.24) is 9.21 Å². The Hall–Kier alpha value is -1.54. The van der Waals surface area contributed by atoms with Crippen molar-refractivity contribution in [1.29, 1.82) is 0 Å². The lowest BCUT2D eigenvalue weighted by Crippen LogP contribution is -2.47. The molecule has 0 radical (unpaired) electrons. The zero-order valence-electron chi connectivity index (χ0n) is 13.8. The van der Waals surface area contributed by atoms with E-state index in [0.717, 1.165) is 12.1 Å². The molecule has 8 heteroatoms. The van der Waals surface area contributed by atoms with E-state index < -0.39 is 27.7 Å². The molecule has 1 aliphatic rings. The molecule has 1 aromatic carbocycles. The number of sulfonamides is 1. The fourth-order valence-electron chi connectivity index (χ4n) is 2.93. The summed E-state index contributed by atoms with van der Waals surface area (Å²) >= 11 is 0. The molecule has 0 spiro atoms. The van der Waals surface area contributed by atoms with Crippen molar-refractivity contribution in [2.45, 2.75) is 38.8 Å². The molecule has 1 unspecified atom stereocenters. The van der Waals surface area contributed by atoms with Gasteiger partial charge in [-0.15, -0.1) is 0 Å². The van der Waals surface area contributed by atoms with Crippen LogP contribution in [0.3, 0.4) is 0 Å². The van der Waals surface area contributed by atoms with Crippen LogP contribution in [0.1, 0.15) is 31.7 Å². The molecule has 1 amide bonds. The van der Waals surface area contributed by atoms with Gasteiger partial charge in [-0.1, -0.05) is 13.0 Å². The van der Waals surface area contributed by atoms with Gasteiger partial charge in [0.1, 0.15) is 17.7 Å². The Labute approximate surface area is 141 Å². The summed E-state index contributed by atoms with van der Waals surface area (Å²) in [7, 11) is -1.97. The maximum Gasteiger partial charge on any atom is 0.241 e. The van der Waals surface area contributed by atoms with Crippen LogP contribution in [0, 0.1) is 11.6 Å². The lowest BCUT2D eigenvalue weighted by molar-refractivity contribution is -0.133. The van der Waals surface area contributed by atoms with Crippen molar-refractivity contribution < 1.29 is 22.0 Å². The lowest BCUT2D eigenvalue weighted by atomic mass is 10.1. The third-order valence-electron chi connectivity index (χ3n) is 4.11. The largest absolute Gasteiger partial charge is 0.340 e. The van der Waals surface area contributed by atoms with Crippen LogP contribution in [0.2, 0.25) is 0 Å². The van der Waals surface area contributed by atoms with E-state index in [1.54, 1.807) is 6.92 Å². The zero-order chi connectivity index (χ0) is 17.9. The van der Waals surface area contributed by atoms with Gasteiger partial charge in [-0.2, -0.15) is 4.31 Å². The summed E-state index contributed by atoms with van der Waals surface area (Å²) in [6.07, 6.45) is 1.56. The Kier molecular flexibility index (Phi) is 5.92. The van der Waals surface area contributed by atoms with Gasteiger partial charge >= 0.3 is 0 Å². The van der Waals surface area contributed by atoms with E-state index in [4.69, 9.17) is 0 Å². The van der Waals surface area contributed by atoms with Gasteiger partial charge < -0.3 is 4.90 Å². The summed E-state index contributed by atoms with van der Waals surface area (Å²) in [6.45, 7) is 2.06. The first-order valence-corrected chi connectivity index (χ1v) is 9.55. The number of carbonyl (C=O) groups excluding carboxylic acids is 1. The minimum Gasteiger partial charge on any atom is -0.340 e. The second-order valence-electron chi connectivity index (χ2n) is 6.01. The number of nitrogens with zero attached hydrogens (tertiary/aromatic N) is 2. The summed E-state index contributed by atoms with van der Waals surface area (Å²) < 4.78 is 52.5. The van der Waals surface area contributed by atoms with Gasteiger partial charge in [0.05, 0.1) is 5.75 Å². The van der Waals surface area contributed by atoms with Crippen molar-refractivity contribution in [3.63, 3.8) is 0 Å². The van der Waals surface area contributed by atoms with E-state index in [-0.39, 0.29) is 23.8 Å². The predicted molar refractivity (Wildman–Crippen MR) is 86.6 cm³/mol. The second kappa shape index (κ2) is 7.57. The van der Waals surface area contributed by atoms with Gasteiger partial charge in [-0.05, 0) is 25.3 Å². The molecule has 0 aliphatic carbocycles. The summed E-state index contributed by atoms with van der Waals surface area (Å²) in [5.74, 6) is -1.77. The minimum atomic E-state index is -3.46. The molecular formula is C16H22F2N2O3S. The molecule has 1 aliphatic heterocycles. The molecule has 0 aromatic heterocycles. The fourth-order valence-corrected chi connectivity index (χ4v) is 4.67. The molecule has 134 valence electrons. The summed E-state index contributed by atoms with van der Waals surface area (Å²) in [6, 6.07) is 2.44. The Balaban J connectivity index is 2.12. The average molecular weight is 360 g/mol. The first-order chi connectivity index (χ1) is 11.3. The lowest BCUT2D eigenvalue weighted by Gasteiger charge is -2.27. The van der Waals surface area contributed by atoms with E-state index in [1.165, 1.54) is 22.3 Å². The molecule has 1 aromatic rings. The first-order valence-electron chi connectivity index (χ1n) is 7.94. The van der Waals surface area contributed by atoms with Gasteiger partial charge in [0.25, 0.3) is 0 Å². The van der Waals surface area contributed by atoms with E-state index in [1.807, 2.05) is 0 Å². The number of hydrogen-bond acceptors (Lipinski definition) is 3. The molecule has 5 nitrogen and oxygen atoms in total. The van der Waals surface area contributed by atoms with Gasteiger partial charge in [-0.25, -0.2) is 17.2 Å². The maximum absolute atomic E-state index is 13.7. The van der Waals surface area contributed by atoms with Crippen molar-refractivity contribution in [2.24, 2.45) is 0 Å². The van der Waals surface area contributed by atoms with Crippen molar-refractivity contribution in [2.75, 3.05) is 19.3 Å². The van der Waals surface area contributed by atoms with Crippen LogP contribution in [-0.2, 0) is 21.4 Å². The highest BCUT2D eigenvalue weighted by molar-refractivity contribution is 7.89. The third-order valence-corrected chi connectivity index (χ3v) is 6.18. The van der Waals surface area contributed by atoms with Crippen LogP contribution >= 0.6 is 0 Å². The Morgan fingerprint density at radius 3 is 2.71 bits per heavy atom. The molecule has 2 rings (SSSR count). The topological polar surface area (TPSA) is 57.7 Å². The number of rotatable bonds is 6. The number of halogens is 2. The zero-order valence-corrected chi connectivity index (χ0v) is 14.7. The van der Waals surface area contributed by atoms with Crippen LogP contribution in [0.5, 0.6) is 0 Å². The van der Waals surface area contributed by atoms with Gasteiger partial charge in [0.2, 0.25) is 15.9 Å². The molecule has 1 atom stereocenters. The highest BCUT2D eigenvalue weighted by Crippen LogP contribution is 2.24. The van der Waals surface area contributed by atoms with Gasteiger partial charge in [0.15, 0.2) is 0 Å². The van der Waals surface area contributed by atoms with E-state index in [0.29, 0.717) is 25.8 Å². The van der Waals surface area contributed by atoms with Gasteiger partial charge in [0, 0.05) is 31.8 Å². The summed E-state index contributed by atoms with van der Waals surface area (Å²) in [4.78, 5) is 13.9. The van der Waals surface area contributed by atoms with Crippen LogP contribution in [0.25, 0.3) is 0 Å². The monoisotopic (exact) mass is 360 g/mol. The molecule has 1 fully saturated rings. The number of carbonyl (C=O) groups is 1. The molecule has 1 saturated heterocycles. The van der Waals surface area contributed by atoms with Crippen molar-refractivity contribution in [3.8, 4) is 0 Å². The summed E-state index contributed by atoms with van der Waals surface area (Å²) in [5, 5.41) is 0. The van der Waals surface area contributed by atoms with Crippen LogP contribution in [-0.4, -0.2) is 48.9 Å². The Morgan fingerprint density at radius 2 is 2.08 bits per heavy atom. The van der Waals surface area contributed by atoms with Crippen molar-refractivity contribution in [3.05, 3.63) is 35.4 Å². The summed E-state index contributed by atoms with van der Waals surface area (Å²) in [5.41, 5.74) is 0.188. The number of amides is 1. The quantitative estimate of drug-likeness (QED) is 0.781. The standard InChI is InChI=1S/C16H22F2N2O3S/c1-3-9-24(22,23)20-8-4-5-15(20)16(21)19(2)11-12-6-7-13(17)10-14(12)18/h6-7,10,15H,3-5,8-9,11H2,1-2H3. The van der Waals surface area contributed by atoms with Crippen LogP contribution in [0.4, 0.5) is 8.78 Å². The molecule has 0 saturated carbocycles. The molecule has 0 N–H and O–H groups in total. The molecular weight excluding hydrogens is 338 g/mol. The number of likely N-dealkylation sites (N-methyl/N-ethyl adjacent to an activating group) is 1. The van der Waals surface area contributed by atoms with E-state index in [2.05, 4.69) is 0 Å². The average Bonchev–Trinajstić information content (AvgIpc) is 2.99. The maximum atomic E-state index is 13.7. The van der Waals surface area contributed by atoms with E-state index >= 15 is 0 Å². The van der Waals surface area contributed by atoms with Crippen molar-refractivity contribution >= 4 is 15.9 Å². The highest BCUT2D eigenvalue weighted by atomic mass is 32.2. The fraction of sp³-hybridized carbons (Fsp3) is 0.562. The number of hydrogen-bond donors (Lipinski definition) is 0. The minimum absolute atomic E-state index is 0.00703. The second-order valence-corrected chi connectivity index (χ2v) is 8.06. The predicted octanol–water partition coefficient (Wildman–Crippen LogP) is 2.13. The normalized spacial score (nSPS) is 18.8.